The van der Waals surface area contributed by atoms with Gasteiger partial charge in [-0.2, -0.15) is 0 Å². The van der Waals surface area contributed by atoms with Gasteiger partial charge in [-0.15, -0.1) is 0 Å². The molecule has 1 saturated carbocycles. The first-order valence-corrected chi connectivity index (χ1v) is 7.02. The summed E-state index contributed by atoms with van der Waals surface area (Å²) in [6, 6.07) is 0. The third-order valence-corrected chi connectivity index (χ3v) is 3.86. The highest BCUT2D eigenvalue weighted by Crippen LogP contribution is 2.34. The normalized spacial score (nSPS) is 20.1. The summed E-state index contributed by atoms with van der Waals surface area (Å²) < 4.78 is 5.83. The average Bonchev–Trinajstić information content (AvgIpc) is 2.72. The molecule has 17 heavy (non-hydrogen) atoms. The second kappa shape index (κ2) is 6.17. The van der Waals surface area contributed by atoms with Crippen LogP contribution >= 0.6 is 0 Å². The van der Waals surface area contributed by atoms with E-state index in [1.165, 1.54) is 25.7 Å². The van der Waals surface area contributed by atoms with E-state index in [9.17, 15) is 0 Å². The number of nitrogens with zero attached hydrogens (tertiary/aromatic N) is 1. The summed E-state index contributed by atoms with van der Waals surface area (Å²) in [5, 5.41) is 0. The lowest BCUT2D eigenvalue weighted by Crippen LogP contribution is -2.53. The second-order valence-corrected chi connectivity index (χ2v) is 6.18. The van der Waals surface area contributed by atoms with Crippen molar-refractivity contribution in [3.05, 3.63) is 0 Å². The van der Waals surface area contributed by atoms with Gasteiger partial charge < -0.3 is 10.5 Å². The SMILES string of the molecule is CCN(CCOC(C)(C)C)C1(CN)CCCC1. The van der Waals surface area contributed by atoms with E-state index in [0.29, 0.717) is 0 Å². The van der Waals surface area contributed by atoms with Crippen molar-refractivity contribution < 1.29 is 4.74 Å². The Morgan fingerprint density at radius 2 is 1.82 bits per heavy atom. The summed E-state index contributed by atoms with van der Waals surface area (Å²) in [5.74, 6) is 0. The van der Waals surface area contributed by atoms with Gasteiger partial charge in [0.15, 0.2) is 0 Å². The number of rotatable bonds is 6. The van der Waals surface area contributed by atoms with Crippen molar-refractivity contribution in [3.63, 3.8) is 0 Å². The van der Waals surface area contributed by atoms with Crippen LogP contribution < -0.4 is 5.73 Å². The fourth-order valence-electron chi connectivity index (χ4n) is 2.88. The van der Waals surface area contributed by atoms with Crippen LogP contribution in [0.15, 0.2) is 0 Å². The third-order valence-electron chi connectivity index (χ3n) is 3.86. The van der Waals surface area contributed by atoms with E-state index >= 15 is 0 Å². The molecule has 1 fully saturated rings. The van der Waals surface area contributed by atoms with Gasteiger partial charge in [0.05, 0.1) is 12.2 Å². The van der Waals surface area contributed by atoms with Crippen molar-refractivity contribution in [2.45, 2.75) is 64.5 Å². The topological polar surface area (TPSA) is 38.5 Å². The van der Waals surface area contributed by atoms with Crippen LogP contribution in [0.4, 0.5) is 0 Å². The molecular weight excluding hydrogens is 212 g/mol. The minimum absolute atomic E-state index is 0.0367. The highest BCUT2D eigenvalue weighted by molar-refractivity contribution is 4.95. The lowest BCUT2D eigenvalue weighted by Gasteiger charge is -2.40. The Labute approximate surface area is 107 Å². The molecule has 1 aliphatic carbocycles. The molecule has 0 aromatic heterocycles. The first-order valence-electron chi connectivity index (χ1n) is 7.02. The number of hydrogen-bond donors (Lipinski definition) is 1. The molecule has 0 aliphatic heterocycles. The molecule has 3 heteroatoms. The summed E-state index contributed by atoms with van der Waals surface area (Å²) in [6.07, 6.45) is 5.17. The molecule has 0 unspecified atom stereocenters. The molecule has 0 aromatic rings. The van der Waals surface area contributed by atoms with Crippen molar-refractivity contribution in [2.75, 3.05) is 26.2 Å². The smallest absolute Gasteiger partial charge is 0.0600 e. The number of likely N-dealkylation sites (N-methyl/N-ethyl adjacent to an activating group) is 1. The van der Waals surface area contributed by atoms with Gasteiger partial charge in [0, 0.05) is 18.6 Å². The van der Waals surface area contributed by atoms with Gasteiger partial charge in [0.1, 0.15) is 0 Å². The summed E-state index contributed by atoms with van der Waals surface area (Å²) in [4.78, 5) is 2.53. The summed E-state index contributed by atoms with van der Waals surface area (Å²) in [7, 11) is 0. The zero-order chi connectivity index (χ0) is 12.9. The Hall–Kier alpha value is -0.120. The zero-order valence-corrected chi connectivity index (χ0v) is 12.1. The van der Waals surface area contributed by atoms with Gasteiger partial charge in [0.2, 0.25) is 0 Å². The van der Waals surface area contributed by atoms with Crippen molar-refractivity contribution in [1.82, 2.24) is 4.90 Å². The van der Waals surface area contributed by atoms with Gasteiger partial charge in [-0.3, -0.25) is 4.90 Å². The van der Waals surface area contributed by atoms with Crippen molar-refractivity contribution in [2.24, 2.45) is 5.73 Å². The molecule has 3 nitrogen and oxygen atoms in total. The molecule has 2 N–H and O–H groups in total. The maximum Gasteiger partial charge on any atom is 0.0600 e. The van der Waals surface area contributed by atoms with Crippen molar-refractivity contribution in [1.29, 1.82) is 0 Å². The van der Waals surface area contributed by atoms with E-state index in [-0.39, 0.29) is 11.1 Å². The maximum atomic E-state index is 6.02. The summed E-state index contributed by atoms with van der Waals surface area (Å²) in [6.45, 7) is 12.2. The van der Waals surface area contributed by atoms with Crippen LogP contribution in [-0.2, 0) is 4.74 Å². The molecule has 0 bridgehead atoms. The van der Waals surface area contributed by atoms with Gasteiger partial charge in [-0.1, -0.05) is 19.8 Å². The monoisotopic (exact) mass is 242 g/mol. The zero-order valence-electron chi connectivity index (χ0n) is 12.1. The van der Waals surface area contributed by atoms with Gasteiger partial charge >= 0.3 is 0 Å². The standard InChI is InChI=1S/C14H30N2O/c1-5-16(10-11-17-13(2,3)4)14(12-15)8-6-7-9-14/h5-12,15H2,1-4H3. The van der Waals surface area contributed by atoms with Crippen molar-refractivity contribution in [3.8, 4) is 0 Å². The number of ether oxygens (including phenoxy) is 1. The molecule has 0 saturated heterocycles. The molecule has 1 aliphatic rings. The van der Waals surface area contributed by atoms with E-state index in [1.807, 2.05) is 0 Å². The molecule has 102 valence electrons. The van der Waals surface area contributed by atoms with Crippen LogP contribution in [0.25, 0.3) is 0 Å². The van der Waals surface area contributed by atoms with Crippen LogP contribution in [0.5, 0.6) is 0 Å². The van der Waals surface area contributed by atoms with Crippen molar-refractivity contribution >= 4 is 0 Å². The number of nitrogens with two attached hydrogens (primary N) is 1. The Morgan fingerprint density at radius 3 is 2.24 bits per heavy atom. The largest absolute Gasteiger partial charge is 0.375 e. The lowest BCUT2D eigenvalue weighted by molar-refractivity contribution is -0.0268. The number of hydrogen-bond acceptors (Lipinski definition) is 3. The lowest BCUT2D eigenvalue weighted by atomic mass is 9.95. The Kier molecular flexibility index (Phi) is 5.42. The Bertz CT molecular complexity index is 217. The van der Waals surface area contributed by atoms with Crippen LogP contribution in [0, 0.1) is 0 Å². The van der Waals surface area contributed by atoms with E-state index in [1.54, 1.807) is 0 Å². The van der Waals surface area contributed by atoms with E-state index in [2.05, 4.69) is 32.6 Å². The highest BCUT2D eigenvalue weighted by Gasteiger charge is 2.37. The molecule has 0 radical (unpaired) electrons. The maximum absolute atomic E-state index is 6.02. The minimum atomic E-state index is -0.0367. The average molecular weight is 242 g/mol. The van der Waals surface area contributed by atoms with Gasteiger partial charge in [-0.25, -0.2) is 0 Å². The van der Waals surface area contributed by atoms with Gasteiger partial charge in [-0.05, 0) is 40.2 Å². The predicted octanol–water partition coefficient (Wildman–Crippen LogP) is 2.39. The van der Waals surface area contributed by atoms with Crippen LogP contribution in [0.1, 0.15) is 53.4 Å². The molecule has 0 heterocycles. The Morgan fingerprint density at radius 1 is 1.24 bits per heavy atom. The van der Waals surface area contributed by atoms with E-state index in [0.717, 1.165) is 26.2 Å². The third kappa shape index (κ3) is 4.23. The molecule has 1 rings (SSSR count). The predicted molar refractivity (Wildman–Crippen MR) is 73.2 cm³/mol. The molecule has 0 atom stereocenters. The quantitative estimate of drug-likeness (QED) is 0.777. The summed E-state index contributed by atoms with van der Waals surface area (Å²) in [5.41, 5.74) is 6.24. The fourth-order valence-corrected chi connectivity index (χ4v) is 2.88. The Balaban J connectivity index is 2.47. The first kappa shape index (κ1) is 14.9. The van der Waals surface area contributed by atoms with E-state index in [4.69, 9.17) is 10.5 Å². The second-order valence-electron chi connectivity index (χ2n) is 6.18. The van der Waals surface area contributed by atoms with Crippen LogP contribution in [0.3, 0.4) is 0 Å². The minimum Gasteiger partial charge on any atom is -0.375 e. The highest BCUT2D eigenvalue weighted by atomic mass is 16.5. The molecule has 0 spiro atoms. The van der Waals surface area contributed by atoms with Crippen LogP contribution in [0.2, 0.25) is 0 Å². The van der Waals surface area contributed by atoms with E-state index < -0.39 is 0 Å². The fraction of sp³-hybridized carbons (Fsp3) is 1.00. The molecular formula is C14H30N2O. The van der Waals surface area contributed by atoms with Gasteiger partial charge in [0.25, 0.3) is 0 Å². The van der Waals surface area contributed by atoms with Crippen LogP contribution in [-0.4, -0.2) is 42.3 Å². The summed E-state index contributed by atoms with van der Waals surface area (Å²) >= 11 is 0. The molecule has 0 aromatic carbocycles. The molecule has 0 amide bonds. The first-order chi connectivity index (χ1) is 7.93.